The smallest absolute Gasteiger partial charge is 0.201 e. The van der Waals surface area contributed by atoms with E-state index >= 15 is 0 Å². The number of hydrogen-bond donors (Lipinski definition) is 1. The number of aromatic amines is 1. The molecule has 1 saturated heterocycles. The van der Waals surface area contributed by atoms with Gasteiger partial charge < -0.3 is 4.98 Å². The molecule has 3 rings (SSSR count). The van der Waals surface area contributed by atoms with Crippen molar-refractivity contribution in [3.8, 4) is 0 Å². The van der Waals surface area contributed by atoms with Crippen LogP contribution in [0.2, 0.25) is 10.4 Å². The molecule has 2 aromatic rings. The molecule has 3 nitrogen and oxygen atoms in total. The van der Waals surface area contributed by atoms with Gasteiger partial charge in [0.1, 0.15) is 5.82 Å². The van der Waals surface area contributed by atoms with Gasteiger partial charge in [-0.3, -0.25) is 4.90 Å². The summed E-state index contributed by atoms with van der Waals surface area (Å²) in [5.74, 6) is -3.16. The van der Waals surface area contributed by atoms with Crippen molar-refractivity contribution in [2.45, 2.75) is 18.9 Å². The van der Waals surface area contributed by atoms with Gasteiger partial charge in [0.05, 0.1) is 5.69 Å². The summed E-state index contributed by atoms with van der Waals surface area (Å²) in [5.41, 5.74) is 0.743. The lowest BCUT2D eigenvalue weighted by Gasteiger charge is -2.16. The lowest BCUT2D eigenvalue weighted by atomic mass is 9.97. The number of nitrogens with one attached hydrogen (secondary N) is 1. The summed E-state index contributed by atoms with van der Waals surface area (Å²) in [7, 11) is 0. The van der Waals surface area contributed by atoms with Gasteiger partial charge in [0, 0.05) is 25.1 Å². The molecular formula is C14H12Cl2F3N3. The maximum absolute atomic E-state index is 13.8. The Morgan fingerprint density at radius 3 is 2.73 bits per heavy atom. The summed E-state index contributed by atoms with van der Waals surface area (Å²) in [6.45, 7) is 1.61. The maximum atomic E-state index is 13.8. The van der Waals surface area contributed by atoms with Crippen molar-refractivity contribution < 1.29 is 13.2 Å². The number of nitrogens with zero attached hydrogens (tertiary/aromatic N) is 2. The Morgan fingerprint density at radius 1 is 1.27 bits per heavy atom. The van der Waals surface area contributed by atoms with Gasteiger partial charge in [-0.25, -0.2) is 18.2 Å². The Kier molecular flexibility index (Phi) is 4.34. The quantitative estimate of drug-likeness (QED) is 0.845. The van der Waals surface area contributed by atoms with Crippen LogP contribution in [0.5, 0.6) is 0 Å². The summed E-state index contributed by atoms with van der Waals surface area (Å²) >= 11 is 11.7. The van der Waals surface area contributed by atoms with E-state index in [4.69, 9.17) is 23.2 Å². The lowest BCUT2D eigenvalue weighted by Crippen LogP contribution is -2.20. The second kappa shape index (κ2) is 6.10. The average Bonchev–Trinajstić information content (AvgIpc) is 3.02. The summed E-state index contributed by atoms with van der Waals surface area (Å²) in [5, 5.41) is 0.491. The minimum atomic E-state index is -1.16. The van der Waals surface area contributed by atoms with E-state index in [9.17, 15) is 13.2 Å². The fourth-order valence-corrected chi connectivity index (χ4v) is 3.22. The van der Waals surface area contributed by atoms with E-state index in [-0.39, 0.29) is 21.9 Å². The van der Waals surface area contributed by atoms with E-state index in [2.05, 4.69) is 9.97 Å². The second-order valence-electron chi connectivity index (χ2n) is 5.31. The standard InChI is InChI=1S/C14H12Cl2F3N3/c15-13-11(20-14(16)21-13)6-22-2-1-7(5-22)9-3-8(17)4-10(18)12(9)19/h3-4,7H,1-2,5-6H2,(H,20,21). The normalized spacial score (nSPS) is 19.0. The van der Waals surface area contributed by atoms with Crippen molar-refractivity contribution in [1.29, 1.82) is 0 Å². The van der Waals surface area contributed by atoms with Gasteiger partial charge in [-0.2, -0.15) is 0 Å². The molecule has 0 amide bonds. The number of likely N-dealkylation sites (tertiary alicyclic amines) is 1. The molecule has 0 aliphatic carbocycles. The van der Waals surface area contributed by atoms with Gasteiger partial charge >= 0.3 is 0 Å². The molecule has 1 aromatic carbocycles. The number of imidazole rings is 1. The predicted molar refractivity (Wildman–Crippen MR) is 77.6 cm³/mol. The van der Waals surface area contributed by atoms with Crippen molar-refractivity contribution in [2.75, 3.05) is 13.1 Å². The van der Waals surface area contributed by atoms with Crippen LogP contribution in [0.1, 0.15) is 23.6 Å². The third-order valence-electron chi connectivity index (χ3n) is 3.81. The number of H-pyrrole nitrogens is 1. The van der Waals surface area contributed by atoms with E-state index < -0.39 is 17.5 Å². The average molecular weight is 350 g/mol. The van der Waals surface area contributed by atoms with Gasteiger partial charge in [-0.05, 0) is 36.2 Å². The molecule has 1 aliphatic heterocycles. The zero-order chi connectivity index (χ0) is 15.9. The van der Waals surface area contributed by atoms with Gasteiger partial charge in [0.25, 0.3) is 0 Å². The Bertz CT molecular complexity index is 705. The molecule has 0 spiro atoms. The molecule has 22 heavy (non-hydrogen) atoms. The first-order chi connectivity index (χ1) is 10.4. The largest absolute Gasteiger partial charge is 0.330 e. The molecule has 1 aliphatic rings. The molecule has 1 fully saturated rings. The summed E-state index contributed by atoms with van der Waals surface area (Å²) in [6.07, 6.45) is 0.610. The molecule has 118 valence electrons. The van der Waals surface area contributed by atoms with Crippen molar-refractivity contribution in [2.24, 2.45) is 0 Å². The highest BCUT2D eigenvalue weighted by atomic mass is 35.5. The molecule has 1 atom stereocenters. The van der Waals surface area contributed by atoms with Crippen molar-refractivity contribution in [3.63, 3.8) is 0 Å². The van der Waals surface area contributed by atoms with E-state index in [1.807, 2.05) is 4.90 Å². The molecule has 0 radical (unpaired) electrons. The number of benzene rings is 1. The Balaban J connectivity index is 1.74. The molecule has 1 unspecified atom stereocenters. The monoisotopic (exact) mass is 349 g/mol. The highest BCUT2D eigenvalue weighted by Gasteiger charge is 2.28. The lowest BCUT2D eigenvalue weighted by molar-refractivity contribution is 0.322. The summed E-state index contributed by atoms with van der Waals surface area (Å²) < 4.78 is 40.5. The number of rotatable bonds is 3. The second-order valence-corrected chi connectivity index (χ2v) is 6.02. The van der Waals surface area contributed by atoms with Crippen LogP contribution < -0.4 is 0 Å². The summed E-state index contributed by atoms with van der Waals surface area (Å²) in [6, 6.07) is 1.62. The Hall–Kier alpha value is -1.24. The van der Waals surface area contributed by atoms with Crippen LogP contribution in [0.4, 0.5) is 13.2 Å². The first kappa shape index (κ1) is 15.6. The first-order valence-corrected chi connectivity index (χ1v) is 7.46. The molecule has 2 heterocycles. The molecule has 0 bridgehead atoms. The van der Waals surface area contributed by atoms with Gasteiger partial charge in [0.2, 0.25) is 5.28 Å². The van der Waals surface area contributed by atoms with Crippen LogP contribution in [0.3, 0.4) is 0 Å². The molecule has 1 aromatic heterocycles. The molecule has 0 saturated carbocycles. The van der Waals surface area contributed by atoms with Crippen molar-refractivity contribution in [3.05, 3.63) is 51.3 Å². The third kappa shape index (κ3) is 3.09. The number of aromatic nitrogens is 2. The highest BCUT2D eigenvalue weighted by Crippen LogP contribution is 2.32. The van der Waals surface area contributed by atoms with Crippen molar-refractivity contribution >= 4 is 23.2 Å². The van der Waals surface area contributed by atoms with E-state index in [1.54, 1.807) is 0 Å². The zero-order valence-corrected chi connectivity index (χ0v) is 12.9. The van der Waals surface area contributed by atoms with Crippen LogP contribution in [-0.4, -0.2) is 28.0 Å². The fraction of sp³-hybridized carbons (Fsp3) is 0.357. The van der Waals surface area contributed by atoms with E-state index in [0.717, 1.165) is 6.07 Å². The maximum Gasteiger partial charge on any atom is 0.201 e. The third-order valence-corrected chi connectivity index (χ3v) is 4.31. The molecular weight excluding hydrogens is 338 g/mol. The Morgan fingerprint density at radius 2 is 2.05 bits per heavy atom. The highest BCUT2D eigenvalue weighted by molar-refractivity contribution is 6.32. The van der Waals surface area contributed by atoms with Gasteiger partial charge in [-0.1, -0.05) is 11.6 Å². The topological polar surface area (TPSA) is 31.9 Å². The van der Waals surface area contributed by atoms with Crippen LogP contribution in [0, 0.1) is 17.5 Å². The van der Waals surface area contributed by atoms with Crippen LogP contribution in [0.15, 0.2) is 12.1 Å². The predicted octanol–water partition coefficient (Wildman–Crippen LogP) is 4.12. The van der Waals surface area contributed by atoms with Crippen LogP contribution in [0.25, 0.3) is 0 Å². The van der Waals surface area contributed by atoms with Gasteiger partial charge in [0.15, 0.2) is 16.8 Å². The minimum absolute atomic E-state index is 0.0775. The minimum Gasteiger partial charge on any atom is -0.330 e. The van der Waals surface area contributed by atoms with E-state index in [0.29, 0.717) is 37.8 Å². The van der Waals surface area contributed by atoms with E-state index in [1.165, 1.54) is 0 Å². The summed E-state index contributed by atoms with van der Waals surface area (Å²) in [4.78, 5) is 8.70. The SMILES string of the molecule is Fc1cc(F)c(F)c(C2CCN(Cc3[nH]c(Cl)nc3Cl)C2)c1. The number of halogens is 5. The van der Waals surface area contributed by atoms with Crippen LogP contribution in [-0.2, 0) is 6.54 Å². The van der Waals surface area contributed by atoms with Crippen molar-refractivity contribution in [1.82, 2.24) is 14.9 Å². The first-order valence-electron chi connectivity index (χ1n) is 6.70. The fourth-order valence-electron chi connectivity index (χ4n) is 2.79. The van der Waals surface area contributed by atoms with Gasteiger partial charge in [-0.15, -0.1) is 0 Å². The van der Waals surface area contributed by atoms with Crippen LogP contribution >= 0.6 is 23.2 Å². The number of hydrogen-bond acceptors (Lipinski definition) is 2. The molecule has 1 N–H and O–H groups in total. The zero-order valence-electron chi connectivity index (χ0n) is 11.3. The Labute approximate surface area is 135 Å². The molecule has 8 heteroatoms.